The number of hydrogen-bond acceptors (Lipinski definition) is 4. The molecule has 1 heterocycles. The van der Waals surface area contributed by atoms with Crippen LogP contribution in [0.15, 0.2) is 22.7 Å². The van der Waals surface area contributed by atoms with Crippen LogP contribution in [0, 0.1) is 5.92 Å². The molecule has 1 aliphatic rings. The predicted octanol–water partition coefficient (Wildman–Crippen LogP) is 1.96. The van der Waals surface area contributed by atoms with Crippen LogP contribution in [0.25, 0.3) is 0 Å². The summed E-state index contributed by atoms with van der Waals surface area (Å²) >= 11 is 3.41. The second-order valence-corrected chi connectivity index (χ2v) is 8.29. The maximum atomic E-state index is 11.6. The fraction of sp³-hybridized carbons (Fsp3) is 0.571. The number of nitrogens with zero attached hydrogens (tertiary/aromatic N) is 1. The Hall–Kier alpha value is -0.630. The molecule has 1 aromatic carbocycles. The number of ether oxygens (including phenoxy) is 1. The molecule has 0 saturated carbocycles. The van der Waals surface area contributed by atoms with Gasteiger partial charge in [-0.05, 0) is 31.0 Å². The molecule has 5 nitrogen and oxygen atoms in total. The van der Waals surface area contributed by atoms with Gasteiger partial charge in [0.2, 0.25) is 10.0 Å². The van der Waals surface area contributed by atoms with Crippen LogP contribution < -0.4 is 10.5 Å². The van der Waals surface area contributed by atoms with Crippen molar-refractivity contribution in [2.75, 3.05) is 26.0 Å². The SMILES string of the molecule is CS(=O)(=O)N1CCCC(COc2ccc(Br)cc2CN)C1. The van der Waals surface area contributed by atoms with Gasteiger partial charge in [0.05, 0.1) is 12.9 Å². The molecular formula is C14H21BrN2O3S. The van der Waals surface area contributed by atoms with Crippen molar-refractivity contribution >= 4 is 26.0 Å². The fourth-order valence-electron chi connectivity index (χ4n) is 2.52. The summed E-state index contributed by atoms with van der Waals surface area (Å²) in [4.78, 5) is 0. The predicted molar refractivity (Wildman–Crippen MR) is 86.7 cm³/mol. The van der Waals surface area contributed by atoms with E-state index in [9.17, 15) is 8.42 Å². The number of sulfonamides is 1. The number of benzene rings is 1. The maximum absolute atomic E-state index is 11.6. The zero-order valence-electron chi connectivity index (χ0n) is 12.1. The molecule has 1 aromatic rings. The van der Waals surface area contributed by atoms with Crippen molar-refractivity contribution < 1.29 is 13.2 Å². The topological polar surface area (TPSA) is 72.6 Å². The fourth-order valence-corrected chi connectivity index (χ4v) is 3.87. The van der Waals surface area contributed by atoms with Gasteiger partial charge in [0.25, 0.3) is 0 Å². The lowest BCUT2D eigenvalue weighted by Gasteiger charge is -2.30. The Labute approximate surface area is 134 Å². The van der Waals surface area contributed by atoms with Crippen molar-refractivity contribution in [3.8, 4) is 5.75 Å². The highest BCUT2D eigenvalue weighted by atomic mass is 79.9. The van der Waals surface area contributed by atoms with Crippen molar-refractivity contribution in [1.29, 1.82) is 0 Å². The summed E-state index contributed by atoms with van der Waals surface area (Å²) in [5, 5.41) is 0. The van der Waals surface area contributed by atoms with Crippen LogP contribution in [0.1, 0.15) is 18.4 Å². The van der Waals surface area contributed by atoms with E-state index in [0.717, 1.165) is 28.6 Å². The lowest BCUT2D eigenvalue weighted by molar-refractivity contribution is 0.180. The first-order chi connectivity index (χ1) is 9.90. The van der Waals surface area contributed by atoms with Gasteiger partial charge >= 0.3 is 0 Å². The third kappa shape index (κ3) is 4.67. The minimum absolute atomic E-state index is 0.225. The van der Waals surface area contributed by atoms with E-state index in [1.54, 1.807) is 0 Å². The quantitative estimate of drug-likeness (QED) is 0.852. The molecular weight excluding hydrogens is 356 g/mol. The van der Waals surface area contributed by atoms with Crippen LogP contribution in [0.3, 0.4) is 0 Å². The Bertz CT molecular complexity index is 592. The molecule has 2 rings (SSSR count). The summed E-state index contributed by atoms with van der Waals surface area (Å²) in [6, 6.07) is 5.75. The van der Waals surface area contributed by atoms with Crippen LogP contribution >= 0.6 is 15.9 Å². The Morgan fingerprint density at radius 1 is 1.48 bits per heavy atom. The smallest absolute Gasteiger partial charge is 0.211 e. The summed E-state index contributed by atoms with van der Waals surface area (Å²) in [6.45, 7) is 2.07. The van der Waals surface area contributed by atoms with Gasteiger partial charge in [-0.1, -0.05) is 15.9 Å². The molecule has 0 aliphatic carbocycles. The molecule has 0 bridgehead atoms. The summed E-state index contributed by atoms with van der Waals surface area (Å²) in [7, 11) is -3.11. The lowest BCUT2D eigenvalue weighted by atomic mass is 10.0. The molecule has 1 aliphatic heterocycles. The number of halogens is 1. The largest absolute Gasteiger partial charge is 0.493 e. The molecule has 0 spiro atoms. The van der Waals surface area contributed by atoms with E-state index in [0.29, 0.717) is 26.2 Å². The molecule has 2 N–H and O–H groups in total. The second-order valence-electron chi connectivity index (χ2n) is 5.40. The molecule has 21 heavy (non-hydrogen) atoms. The summed E-state index contributed by atoms with van der Waals surface area (Å²) in [5.74, 6) is 1.000. The average Bonchev–Trinajstić information content (AvgIpc) is 2.45. The van der Waals surface area contributed by atoms with Crippen LogP contribution in [-0.2, 0) is 16.6 Å². The molecule has 0 radical (unpaired) electrons. The third-order valence-electron chi connectivity index (χ3n) is 3.67. The number of piperidine rings is 1. The highest BCUT2D eigenvalue weighted by molar-refractivity contribution is 9.10. The summed E-state index contributed by atoms with van der Waals surface area (Å²) in [5.41, 5.74) is 6.66. The van der Waals surface area contributed by atoms with Gasteiger partial charge < -0.3 is 10.5 Å². The van der Waals surface area contributed by atoms with Crippen molar-refractivity contribution in [3.05, 3.63) is 28.2 Å². The Kier molecular flexibility index (Phi) is 5.65. The zero-order valence-corrected chi connectivity index (χ0v) is 14.5. The molecule has 1 atom stereocenters. The monoisotopic (exact) mass is 376 g/mol. The van der Waals surface area contributed by atoms with E-state index >= 15 is 0 Å². The van der Waals surface area contributed by atoms with E-state index < -0.39 is 10.0 Å². The van der Waals surface area contributed by atoms with Crippen LogP contribution in [0.2, 0.25) is 0 Å². The molecule has 7 heteroatoms. The van der Waals surface area contributed by atoms with E-state index in [-0.39, 0.29) is 5.92 Å². The minimum atomic E-state index is -3.11. The van der Waals surface area contributed by atoms with E-state index in [4.69, 9.17) is 10.5 Å². The molecule has 1 unspecified atom stereocenters. The molecule has 0 amide bonds. The van der Waals surface area contributed by atoms with Gasteiger partial charge in [-0.2, -0.15) is 0 Å². The number of hydrogen-bond donors (Lipinski definition) is 1. The summed E-state index contributed by atoms with van der Waals surface area (Å²) in [6.07, 6.45) is 3.13. The van der Waals surface area contributed by atoms with E-state index in [1.807, 2.05) is 18.2 Å². The summed E-state index contributed by atoms with van der Waals surface area (Å²) < 4.78 is 31.6. The van der Waals surface area contributed by atoms with Crippen molar-refractivity contribution in [2.45, 2.75) is 19.4 Å². The van der Waals surface area contributed by atoms with Gasteiger partial charge in [0.15, 0.2) is 0 Å². The normalized spacial score (nSPS) is 20.4. The third-order valence-corrected chi connectivity index (χ3v) is 5.43. The Morgan fingerprint density at radius 2 is 2.24 bits per heavy atom. The molecule has 1 saturated heterocycles. The first kappa shape index (κ1) is 16.7. The lowest BCUT2D eigenvalue weighted by Crippen LogP contribution is -2.41. The van der Waals surface area contributed by atoms with Crippen molar-refractivity contribution in [2.24, 2.45) is 11.7 Å². The van der Waals surface area contributed by atoms with Crippen molar-refractivity contribution in [1.82, 2.24) is 4.31 Å². The Balaban J connectivity index is 1.97. The highest BCUT2D eigenvalue weighted by Crippen LogP contribution is 2.25. The average molecular weight is 377 g/mol. The number of nitrogens with two attached hydrogens (primary N) is 1. The Morgan fingerprint density at radius 3 is 2.90 bits per heavy atom. The van der Waals surface area contributed by atoms with Crippen molar-refractivity contribution in [3.63, 3.8) is 0 Å². The zero-order chi connectivity index (χ0) is 15.5. The van der Waals surface area contributed by atoms with Gasteiger partial charge in [0.1, 0.15) is 5.75 Å². The number of rotatable bonds is 5. The van der Waals surface area contributed by atoms with Gasteiger partial charge in [-0.3, -0.25) is 0 Å². The molecule has 1 fully saturated rings. The maximum Gasteiger partial charge on any atom is 0.211 e. The van der Waals surface area contributed by atoms with E-state index in [2.05, 4.69) is 15.9 Å². The van der Waals surface area contributed by atoms with Crippen LogP contribution in [0.5, 0.6) is 5.75 Å². The van der Waals surface area contributed by atoms with Gasteiger partial charge in [-0.15, -0.1) is 0 Å². The van der Waals surface area contributed by atoms with Crippen LogP contribution in [0.4, 0.5) is 0 Å². The standard InChI is InChI=1S/C14H21BrN2O3S/c1-21(18,19)17-6-2-3-11(9-17)10-20-14-5-4-13(15)7-12(14)8-16/h4-5,7,11H,2-3,6,8-10,16H2,1H3. The van der Waals surface area contributed by atoms with Crippen LogP contribution in [-0.4, -0.2) is 38.7 Å². The minimum Gasteiger partial charge on any atom is -0.493 e. The van der Waals surface area contributed by atoms with Gasteiger partial charge in [-0.25, -0.2) is 12.7 Å². The molecule has 0 aromatic heterocycles. The highest BCUT2D eigenvalue weighted by Gasteiger charge is 2.26. The first-order valence-electron chi connectivity index (χ1n) is 6.96. The second kappa shape index (κ2) is 7.09. The van der Waals surface area contributed by atoms with Gasteiger partial charge in [0, 0.05) is 35.6 Å². The molecule has 118 valence electrons. The first-order valence-corrected chi connectivity index (χ1v) is 9.60. The van der Waals surface area contributed by atoms with E-state index in [1.165, 1.54) is 10.6 Å².